The number of morpholine rings is 1. The van der Waals surface area contributed by atoms with Crippen LogP contribution in [0.5, 0.6) is 0 Å². The van der Waals surface area contributed by atoms with Gasteiger partial charge in [-0.3, -0.25) is 9.59 Å². The Kier molecular flexibility index (Phi) is 8.49. The van der Waals surface area contributed by atoms with Crippen LogP contribution in [0.3, 0.4) is 0 Å². The molecular weight excluding hydrogens is 629 g/mol. The van der Waals surface area contributed by atoms with Gasteiger partial charge < -0.3 is 29.4 Å². The summed E-state index contributed by atoms with van der Waals surface area (Å²) in [6.45, 7) is -0.869. The molecule has 0 bridgehead atoms. The molecule has 0 saturated carbocycles. The van der Waals surface area contributed by atoms with Crippen LogP contribution in [0.25, 0.3) is 22.0 Å². The van der Waals surface area contributed by atoms with Crippen LogP contribution in [-0.4, -0.2) is 59.6 Å². The van der Waals surface area contributed by atoms with E-state index in [0.717, 1.165) is 15.8 Å². The molecule has 2 aliphatic rings. The fourth-order valence-corrected chi connectivity index (χ4v) is 6.18. The minimum Gasteiger partial charge on any atom is -0.480 e. The van der Waals surface area contributed by atoms with E-state index in [2.05, 4.69) is 5.32 Å². The maximum absolute atomic E-state index is 15.1. The van der Waals surface area contributed by atoms with Gasteiger partial charge in [0.05, 0.1) is 31.9 Å². The van der Waals surface area contributed by atoms with E-state index in [4.69, 9.17) is 9.47 Å². The maximum atomic E-state index is 15.1. The highest BCUT2D eigenvalue weighted by molar-refractivity contribution is 5.97. The maximum Gasteiger partial charge on any atom is 0.411 e. The Morgan fingerprint density at radius 2 is 1.70 bits per heavy atom. The molecule has 3 aromatic carbocycles. The van der Waals surface area contributed by atoms with E-state index in [1.54, 1.807) is 25.2 Å². The standard InChI is InChI=1S/C33H28F5N3O6/c1-40-27-5-3-2-4-18(27)10-21(31(40)43)20-7-6-17(22-14-47-15-23(20)22)11-26(32(44)45)39-30(42)29-24(34)12-19(13-25(29)35)41-8-9-46-16-28(41)33(36,37)38/h2-7,10,12-13,26,28H,8-9,11,14-16H2,1H3,(H,39,42)(H,44,45)/t26?,28-/m1/s1. The van der Waals surface area contributed by atoms with E-state index in [1.165, 1.54) is 4.57 Å². The fraction of sp³-hybridized carbons (Fsp3) is 0.303. The van der Waals surface area contributed by atoms with Crippen molar-refractivity contribution in [2.75, 3.05) is 24.7 Å². The van der Waals surface area contributed by atoms with Crippen molar-refractivity contribution < 1.29 is 46.1 Å². The molecule has 1 aromatic heterocycles. The molecule has 1 unspecified atom stereocenters. The molecule has 0 aliphatic carbocycles. The van der Waals surface area contributed by atoms with E-state index >= 15 is 8.78 Å². The highest BCUT2D eigenvalue weighted by atomic mass is 19.4. The lowest BCUT2D eigenvalue weighted by Gasteiger charge is -2.38. The van der Waals surface area contributed by atoms with E-state index in [1.807, 2.05) is 24.3 Å². The van der Waals surface area contributed by atoms with Crippen LogP contribution in [0.15, 0.2) is 59.4 Å². The number of benzene rings is 3. The van der Waals surface area contributed by atoms with Gasteiger partial charge in [-0.2, -0.15) is 13.2 Å². The highest BCUT2D eigenvalue weighted by Gasteiger charge is 2.46. The van der Waals surface area contributed by atoms with Gasteiger partial charge in [0, 0.05) is 31.3 Å². The van der Waals surface area contributed by atoms with Crippen LogP contribution in [0.4, 0.5) is 27.6 Å². The van der Waals surface area contributed by atoms with Gasteiger partial charge in [0.15, 0.2) is 0 Å². The minimum absolute atomic E-state index is 0.104. The molecule has 14 heteroatoms. The molecule has 1 amide bonds. The van der Waals surface area contributed by atoms with Crippen molar-refractivity contribution in [2.45, 2.75) is 37.9 Å². The van der Waals surface area contributed by atoms with Gasteiger partial charge in [0.25, 0.3) is 11.5 Å². The molecule has 0 spiro atoms. The Labute approximate surface area is 264 Å². The number of alkyl halides is 3. The average Bonchev–Trinajstić information content (AvgIpc) is 3.53. The number of anilines is 1. The first-order valence-electron chi connectivity index (χ1n) is 14.6. The molecule has 4 aromatic rings. The lowest BCUT2D eigenvalue weighted by molar-refractivity contribution is -0.167. The second-order valence-electron chi connectivity index (χ2n) is 11.4. The highest BCUT2D eigenvalue weighted by Crippen LogP contribution is 2.35. The number of aliphatic carboxylic acids is 1. The second kappa shape index (κ2) is 12.4. The number of pyridine rings is 1. The normalized spacial score (nSPS) is 17.1. The number of carboxylic acids is 1. The topological polar surface area (TPSA) is 110 Å². The molecular formula is C33H28F5N3O6. The van der Waals surface area contributed by atoms with E-state index in [0.29, 0.717) is 39.9 Å². The summed E-state index contributed by atoms with van der Waals surface area (Å²) in [5.74, 6) is -5.79. The lowest BCUT2D eigenvalue weighted by atomic mass is 9.91. The molecule has 1 fully saturated rings. The van der Waals surface area contributed by atoms with Crippen LogP contribution in [0.1, 0.15) is 27.0 Å². The van der Waals surface area contributed by atoms with E-state index < -0.39 is 59.6 Å². The average molecular weight is 658 g/mol. The van der Waals surface area contributed by atoms with Crippen molar-refractivity contribution in [1.82, 2.24) is 9.88 Å². The van der Waals surface area contributed by atoms with Crippen molar-refractivity contribution in [3.05, 3.63) is 98.8 Å². The molecule has 2 atom stereocenters. The molecule has 1 saturated heterocycles. The predicted molar refractivity (Wildman–Crippen MR) is 160 cm³/mol. The molecule has 3 heterocycles. The number of aromatic nitrogens is 1. The number of nitrogens with one attached hydrogen (secondary N) is 1. The summed E-state index contributed by atoms with van der Waals surface area (Å²) in [7, 11) is 1.67. The number of carbonyl (C=O) groups is 2. The zero-order valence-corrected chi connectivity index (χ0v) is 24.9. The number of hydrogen-bond acceptors (Lipinski definition) is 6. The smallest absolute Gasteiger partial charge is 0.411 e. The predicted octanol–water partition coefficient (Wildman–Crippen LogP) is 4.71. The zero-order chi connectivity index (χ0) is 33.6. The number of hydrogen-bond donors (Lipinski definition) is 2. The quantitative estimate of drug-likeness (QED) is 0.277. The Morgan fingerprint density at radius 3 is 2.40 bits per heavy atom. The van der Waals surface area contributed by atoms with E-state index in [-0.39, 0.29) is 38.3 Å². The van der Waals surface area contributed by atoms with Crippen molar-refractivity contribution in [1.29, 1.82) is 0 Å². The number of amides is 1. The summed E-state index contributed by atoms with van der Waals surface area (Å²) < 4.78 is 82.9. The van der Waals surface area contributed by atoms with Crippen molar-refractivity contribution in [3.63, 3.8) is 0 Å². The van der Waals surface area contributed by atoms with Crippen molar-refractivity contribution in [2.24, 2.45) is 7.05 Å². The number of aryl methyl sites for hydroxylation is 1. The number of carbonyl (C=O) groups excluding carboxylic acids is 1. The first-order chi connectivity index (χ1) is 22.3. The number of fused-ring (bicyclic) bond motifs is 2. The largest absolute Gasteiger partial charge is 0.480 e. The van der Waals surface area contributed by atoms with Crippen LogP contribution in [0.2, 0.25) is 0 Å². The Morgan fingerprint density at radius 1 is 1.00 bits per heavy atom. The summed E-state index contributed by atoms with van der Waals surface area (Å²) in [6.07, 6.45) is -5.03. The number of nitrogens with zero attached hydrogens (tertiary/aromatic N) is 2. The molecule has 6 rings (SSSR count). The molecule has 2 aliphatic heterocycles. The number of ether oxygens (including phenoxy) is 2. The Bertz CT molecular complexity index is 1940. The van der Waals surface area contributed by atoms with Gasteiger partial charge in [-0.25, -0.2) is 13.6 Å². The minimum atomic E-state index is -4.74. The molecule has 0 radical (unpaired) electrons. The summed E-state index contributed by atoms with van der Waals surface area (Å²) in [6, 6.07) is 9.90. The summed E-state index contributed by atoms with van der Waals surface area (Å²) in [5, 5.41) is 12.9. The Hall–Kier alpha value is -4.82. The fourth-order valence-electron chi connectivity index (χ4n) is 6.18. The first kappa shape index (κ1) is 32.1. The van der Waals surface area contributed by atoms with Gasteiger partial charge in [-0.15, -0.1) is 0 Å². The third-order valence-electron chi connectivity index (χ3n) is 8.56. The first-order valence-corrected chi connectivity index (χ1v) is 14.6. The number of rotatable bonds is 7. The Balaban J connectivity index is 1.27. The van der Waals surface area contributed by atoms with Gasteiger partial charge in [0.1, 0.15) is 29.3 Å². The van der Waals surface area contributed by atoms with Crippen LogP contribution in [-0.2, 0) is 41.0 Å². The van der Waals surface area contributed by atoms with Gasteiger partial charge in [0.2, 0.25) is 0 Å². The summed E-state index contributed by atoms with van der Waals surface area (Å²) in [5.41, 5.74) is 1.77. The van der Waals surface area contributed by atoms with Gasteiger partial charge in [-0.1, -0.05) is 30.3 Å². The van der Waals surface area contributed by atoms with E-state index in [9.17, 15) is 32.7 Å². The van der Waals surface area contributed by atoms with Crippen LogP contribution < -0.4 is 15.8 Å². The number of halogens is 5. The summed E-state index contributed by atoms with van der Waals surface area (Å²) in [4.78, 5) is 39.3. The monoisotopic (exact) mass is 657 g/mol. The molecule has 47 heavy (non-hydrogen) atoms. The zero-order valence-electron chi connectivity index (χ0n) is 24.9. The molecule has 2 N–H and O–H groups in total. The number of para-hydroxylation sites is 1. The lowest BCUT2D eigenvalue weighted by Crippen LogP contribution is -2.53. The SMILES string of the molecule is Cn1c(=O)c(-c2ccc(CC(NC(=O)c3c(F)cc(N4CCOC[C@@H]4C(F)(F)F)cc3F)C(=O)O)c3c2COC3)cc2ccccc21. The van der Waals surface area contributed by atoms with Crippen LogP contribution >= 0.6 is 0 Å². The molecule has 246 valence electrons. The van der Waals surface area contributed by atoms with Crippen LogP contribution in [0, 0.1) is 11.6 Å². The van der Waals surface area contributed by atoms with Gasteiger partial charge >= 0.3 is 12.1 Å². The third kappa shape index (κ3) is 6.05. The van der Waals surface area contributed by atoms with Gasteiger partial charge in [-0.05, 0) is 51.9 Å². The second-order valence-corrected chi connectivity index (χ2v) is 11.4. The number of carboxylic acid groups (broad SMARTS) is 1. The summed E-state index contributed by atoms with van der Waals surface area (Å²) >= 11 is 0. The third-order valence-corrected chi connectivity index (χ3v) is 8.56. The van der Waals surface area contributed by atoms with Crippen molar-refractivity contribution >= 4 is 28.5 Å². The molecule has 9 nitrogen and oxygen atoms in total. The van der Waals surface area contributed by atoms with Crippen molar-refractivity contribution in [3.8, 4) is 11.1 Å².